The van der Waals surface area contributed by atoms with Crippen molar-refractivity contribution in [2.45, 2.75) is 20.0 Å². The van der Waals surface area contributed by atoms with E-state index in [9.17, 15) is 10.1 Å². The number of aromatic nitrogens is 4. The Bertz CT molecular complexity index is 846. The first-order valence-electron chi connectivity index (χ1n) is 7.70. The predicted octanol–water partition coefficient (Wildman–Crippen LogP) is 1.56. The van der Waals surface area contributed by atoms with Crippen molar-refractivity contribution in [2.75, 3.05) is 0 Å². The van der Waals surface area contributed by atoms with Crippen LogP contribution in [0.4, 0.5) is 5.69 Å². The molecule has 7 nitrogen and oxygen atoms in total. The summed E-state index contributed by atoms with van der Waals surface area (Å²) in [6.45, 7) is 4.11. The van der Waals surface area contributed by atoms with E-state index >= 15 is 0 Å². The van der Waals surface area contributed by atoms with Crippen LogP contribution in [-0.2, 0) is 14.1 Å². The molecule has 0 atom stereocenters. The van der Waals surface area contributed by atoms with Gasteiger partial charge in [0, 0.05) is 31.5 Å². The summed E-state index contributed by atoms with van der Waals surface area (Å²) in [5.74, 6) is 2.18. The van der Waals surface area contributed by atoms with Gasteiger partial charge in [-0.1, -0.05) is 0 Å². The van der Waals surface area contributed by atoms with Crippen LogP contribution in [0.15, 0.2) is 49.1 Å². The second-order valence-electron chi connectivity index (χ2n) is 5.95. The minimum atomic E-state index is -0.374. The molecule has 2 heterocycles. The largest absolute Gasteiger partial charge is 0.269 e. The van der Waals surface area contributed by atoms with E-state index in [1.807, 2.05) is 51.0 Å². The van der Waals surface area contributed by atoms with Gasteiger partial charge >= 0.3 is 0 Å². The minimum absolute atomic E-state index is 0.0991. The van der Waals surface area contributed by atoms with Crippen LogP contribution in [0.3, 0.4) is 0 Å². The molecule has 0 saturated heterocycles. The number of hydrogen-bond donors (Lipinski definition) is 0. The van der Waals surface area contributed by atoms with Crippen molar-refractivity contribution in [1.29, 1.82) is 0 Å². The fraction of sp³-hybridized carbons (Fsp3) is 0.294. The topological polar surface area (TPSA) is 60.8 Å². The second kappa shape index (κ2) is 5.92. The van der Waals surface area contributed by atoms with Crippen LogP contribution < -0.4 is 9.13 Å². The zero-order valence-electron chi connectivity index (χ0n) is 14.2. The summed E-state index contributed by atoms with van der Waals surface area (Å²) in [4.78, 5) is 10.6. The molecule has 0 amide bonds. The van der Waals surface area contributed by atoms with E-state index in [4.69, 9.17) is 0 Å². The standard InChI is InChI=1S/C17H21N5O2/c1-13-18(3)9-11-20(13)17(21-12-10-19(4)14(21)2)15-5-7-16(8-6-15)22(23)24/h5-12,17H,1-4H3/q+2. The Morgan fingerprint density at radius 3 is 1.75 bits per heavy atom. The lowest BCUT2D eigenvalue weighted by Gasteiger charge is -2.14. The minimum Gasteiger partial charge on any atom is -0.258 e. The maximum Gasteiger partial charge on any atom is 0.269 e. The Morgan fingerprint density at radius 1 is 0.958 bits per heavy atom. The third kappa shape index (κ3) is 2.58. The monoisotopic (exact) mass is 327 g/mol. The molecule has 24 heavy (non-hydrogen) atoms. The highest BCUT2D eigenvalue weighted by Crippen LogP contribution is 2.24. The molecule has 7 heteroatoms. The van der Waals surface area contributed by atoms with Gasteiger partial charge in [-0.05, 0) is 12.1 Å². The molecule has 3 rings (SSSR count). The van der Waals surface area contributed by atoms with E-state index in [0.717, 1.165) is 17.2 Å². The van der Waals surface area contributed by atoms with Gasteiger partial charge in [-0.2, -0.15) is 9.13 Å². The molecule has 1 aromatic carbocycles. The number of hydrogen-bond acceptors (Lipinski definition) is 2. The van der Waals surface area contributed by atoms with Crippen molar-refractivity contribution >= 4 is 5.69 Å². The zero-order chi connectivity index (χ0) is 17.4. The van der Waals surface area contributed by atoms with E-state index in [1.54, 1.807) is 12.1 Å². The second-order valence-corrected chi connectivity index (χ2v) is 5.95. The molecule has 0 aliphatic carbocycles. The smallest absolute Gasteiger partial charge is 0.258 e. The molecule has 0 aliphatic heterocycles. The van der Waals surface area contributed by atoms with E-state index in [0.29, 0.717) is 0 Å². The number of nitrogens with zero attached hydrogens (tertiary/aromatic N) is 5. The Morgan fingerprint density at radius 2 is 1.42 bits per heavy atom. The quantitative estimate of drug-likeness (QED) is 0.415. The zero-order valence-corrected chi connectivity index (χ0v) is 14.2. The van der Waals surface area contributed by atoms with Crippen molar-refractivity contribution in [1.82, 2.24) is 9.13 Å². The summed E-state index contributed by atoms with van der Waals surface area (Å²) in [6.07, 6.45) is 7.97. The molecule has 0 saturated carbocycles. The molecular weight excluding hydrogens is 306 g/mol. The van der Waals surface area contributed by atoms with Gasteiger partial charge in [-0.25, -0.2) is 9.13 Å². The lowest BCUT2D eigenvalue weighted by molar-refractivity contribution is -0.678. The van der Waals surface area contributed by atoms with Gasteiger partial charge in [0.2, 0.25) is 0 Å². The van der Waals surface area contributed by atoms with Crippen LogP contribution in [0.5, 0.6) is 0 Å². The van der Waals surface area contributed by atoms with E-state index in [2.05, 4.69) is 32.1 Å². The van der Waals surface area contributed by atoms with Crippen molar-refractivity contribution in [2.24, 2.45) is 14.1 Å². The number of rotatable bonds is 4. The Balaban J connectivity index is 2.17. The van der Waals surface area contributed by atoms with Gasteiger partial charge in [0.05, 0.1) is 19.0 Å². The van der Waals surface area contributed by atoms with Crippen LogP contribution in [-0.4, -0.2) is 14.1 Å². The van der Waals surface area contributed by atoms with Crippen LogP contribution in [0.1, 0.15) is 23.4 Å². The maximum absolute atomic E-state index is 10.9. The van der Waals surface area contributed by atoms with Gasteiger partial charge in [0.1, 0.15) is 24.8 Å². The van der Waals surface area contributed by atoms with E-state index in [1.165, 1.54) is 0 Å². The van der Waals surface area contributed by atoms with Crippen LogP contribution in [0.25, 0.3) is 0 Å². The highest BCUT2D eigenvalue weighted by atomic mass is 16.6. The van der Waals surface area contributed by atoms with Crippen molar-refractivity contribution in [3.05, 3.63) is 76.4 Å². The first-order valence-corrected chi connectivity index (χ1v) is 7.70. The number of aryl methyl sites for hydroxylation is 2. The van der Waals surface area contributed by atoms with Crippen molar-refractivity contribution in [3.8, 4) is 0 Å². The fourth-order valence-corrected chi connectivity index (χ4v) is 2.88. The van der Waals surface area contributed by atoms with Gasteiger partial charge < -0.3 is 0 Å². The first kappa shape index (κ1) is 15.9. The number of nitro benzene ring substituents is 1. The van der Waals surface area contributed by atoms with Gasteiger partial charge in [0.25, 0.3) is 23.5 Å². The Hall–Kier alpha value is -2.96. The fourth-order valence-electron chi connectivity index (χ4n) is 2.88. The third-order valence-corrected chi connectivity index (χ3v) is 4.60. The summed E-state index contributed by atoms with van der Waals surface area (Å²) in [5, 5.41) is 10.9. The summed E-state index contributed by atoms with van der Waals surface area (Å²) in [5.41, 5.74) is 1.08. The molecule has 0 bridgehead atoms. The molecular formula is C17H21N5O2+2. The Labute approximate surface area is 140 Å². The van der Waals surface area contributed by atoms with Gasteiger partial charge in [-0.3, -0.25) is 10.1 Å². The highest BCUT2D eigenvalue weighted by Gasteiger charge is 2.30. The molecule has 0 radical (unpaired) electrons. The first-order chi connectivity index (χ1) is 11.4. The molecule has 0 fully saturated rings. The molecule has 124 valence electrons. The lowest BCUT2D eigenvalue weighted by atomic mass is 10.1. The molecule has 0 spiro atoms. The molecule has 2 aromatic heterocycles. The Kier molecular flexibility index (Phi) is 3.92. The summed E-state index contributed by atoms with van der Waals surface area (Å²) >= 11 is 0. The summed E-state index contributed by atoms with van der Waals surface area (Å²) < 4.78 is 8.43. The number of imidazole rings is 2. The van der Waals surface area contributed by atoms with Gasteiger partial charge in [-0.15, -0.1) is 0 Å². The SMILES string of the molecule is Cc1n(C(c2ccc([N+](=O)[O-])cc2)n2cc[n+](C)c2C)cc[n+]1C. The van der Waals surface area contributed by atoms with Crippen LogP contribution in [0.2, 0.25) is 0 Å². The van der Waals surface area contributed by atoms with Crippen LogP contribution in [0, 0.1) is 24.0 Å². The van der Waals surface area contributed by atoms with Gasteiger partial charge in [0.15, 0.2) is 0 Å². The molecule has 0 unspecified atom stereocenters. The summed E-state index contributed by atoms with van der Waals surface area (Å²) in [6, 6.07) is 6.75. The molecule has 0 aliphatic rings. The molecule has 3 aromatic rings. The predicted molar refractivity (Wildman–Crippen MR) is 87.3 cm³/mol. The average Bonchev–Trinajstić information content (AvgIpc) is 3.06. The molecule has 0 N–H and O–H groups in total. The van der Waals surface area contributed by atoms with E-state index in [-0.39, 0.29) is 16.8 Å². The normalized spacial score (nSPS) is 11.2. The number of benzene rings is 1. The van der Waals surface area contributed by atoms with E-state index < -0.39 is 0 Å². The highest BCUT2D eigenvalue weighted by molar-refractivity contribution is 5.34. The third-order valence-electron chi connectivity index (χ3n) is 4.60. The van der Waals surface area contributed by atoms with Crippen molar-refractivity contribution in [3.63, 3.8) is 0 Å². The number of nitro groups is 1. The number of non-ortho nitro benzene ring substituents is 1. The lowest BCUT2D eigenvalue weighted by Crippen LogP contribution is -2.34. The average molecular weight is 327 g/mol. The van der Waals surface area contributed by atoms with Crippen molar-refractivity contribution < 1.29 is 14.1 Å². The maximum atomic E-state index is 10.9. The van der Waals surface area contributed by atoms with Crippen LogP contribution >= 0.6 is 0 Å². The summed E-state index contributed by atoms with van der Waals surface area (Å²) in [7, 11) is 4.00.